The van der Waals surface area contributed by atoms with Crippen LogP contribution in [0.25, 0.3) is 0 Å². The highest BCUT2D eigenvalue weighted by Crippen LogP contribution is 2.24. The number of nitrogens with zero attached hydrogens (tertiary/aromatic N) is 3. The zero-order chi connectivity index (χ0) is 27.9. The van der Waals surface area contributed by atoms with Crippen LogP contribution < -0.4 is 0 Å². The first-order chi connectivity index (χ1) is 16.9. The van der Waals surface area contributed by atoms with Gasteiger partial charge < -0.3 is 14.8 Å². The van der Waals surface area contributed by atoms with Gasteiger partial charge in [-0.05, 0) is 25.0 Å². The lowest BCUT2D eigenvalue weighted by atomic mass is 9.98. The van der Waals surface area contributed by atoms with Crippen molar-refractivity contribution in [3.8, 4) is 0 Å². The van der Waals surface area contributed by atoms with Crippen LogP contribution in [0, 0.1) is 22.0 Å². The highest BCUT2D eigenvalue weighted by Gasteiger charge is 2.30. The zero-order valence-corrected chi connectivity index (χ0v) is 22.0. The van der Waals surface area contributed by atoms with Crippen molar-refractivity contribution in [3.63, 3.8) is 0 Å². The summed E-state index contributed by atoms with van der Waals surface area (Å²) in [4.78, 5) is 18.4. The summed E-state index contributed by atoms with van der Waals surface area (Å²) >= 11 is 0. The minimum atomic E-state index is -4.18. The smallest absolute Gasteiger partial charge is 0.297 e. The maximum atomic E-state index is 14.0. The van der Waals surface area contributed by atoms with Gasteiger partial charge in [-0.2, -0.15) is 8.42 Å². The second-order valence-electron chi connectivity index (χ2n) is 7.70. The van der Waals surface area contributed by atoms with Gasteiger partial charge >= 0.3 is 0 Å². The zero-order valence-electron chi connectivity index (χ0n) is 21.2. The summed E-state index contributed by atoms with van der Waals surface area (Å²) in [5.74, 6) is -1.23. The van der Waals surface area contributed by atoms with E-state index in [0.29, 0.717) is 6.42 Å². The Morgan fingerprint density at radius 3 is 1.86 bits per heavy atom. The molecule has 0 amide bonds. The Balaban J connectivity index is 0.000000860. The van der Waals surface area contributed by atoms with E-state index in [1.54, 1.807) is 20.8 Å². The van der Waals surface area contributed by atoms with E-state index < -0.39 is 51.4 Å². The Bertz CT molecular complexity index is 932. The summed E-state index contributed by atoms with van der Waals surface area (Å²) in [6, 6.07) is 4.27. The number of aliphatic hydroxyl groups excluding tert-OH is 1. The molecule has 1 rings (SSSR count). The van der Waals surface area contributed by atoms with Crippen LogP contribution in [0.4, 0.5) is 14.5 Å². The van der Waals surface area contributed by atoms with Crippen LogP contribution in [-0.4, -0.2) is 69.6 Å². The van der Waals surface area contributed by atoms with Crippen LogP contribution in [0.15, 0.2) is 39.5 Å². The van der Waals surface area contributed by atoms with Crippen LogP contribution in [0.5, 0.6) is 0 Å². The molecule has 6 atom stereocenters. The molecule has 0 saturated carbocycles. The van der Waals surface area contributed by atoms with Gasteiger partial charge in [-0.1, -0.05) is 38.0 Å². The minimum absolute atomic E-state index is 0.236. The first-order valence-electron chi connectivity index (χ1n) is 11.1. The number of hydrogen-bond acceptors (Lipinski definition) is 10. The standard InChI is InChI=1S/C14H19FN2O6S.C8H16FNO2/c1-4-14(10(2)13(15)9-16-22-3)23-24(20,21)12-7-5-11(6-8-12)17(18)19;1-4-8(11)6(2)7(9)5-10-12-3/h5-10,13-14H,4H2,1-3H3;5-8,11H,4H2,1-3H3/t10-,13+,14+;6-,7+,8+/m00/s1. The molecule has 0 spiro atoms. The Kier molecular flexibility index (Phi) is 15.6. The fraction of sp³-hybridized carbons (Fsp3) is 0.636. The van der Waals surface area contributed by atoms with E-state index in [0.717, 1.165) is 36.7 Å². The molecule has 0 radical (unpaired) electrons. The van der Waals surface area contributed by atoms with Crippen LogP contribution in [0.3, 0.4) is 0 Å². The SMILES string of the molecule is CC[C@@H](O)[C@@H](C)[C@H](F)C=NOC.CC[C@@H](OS(=O)(=O)c1ccc([N+](=O)[O-])cc1)[C@@H](C)[C@H](F)C=NOC. The summed E-state index contributed by atoms with van der Waals surface area (Å²) in [5, 5.41) is 26.5. The quantitative estimate of drug-likeness (QED) is 0.161. The number of aliphatic hydroxyl groups is 1. The molecule has 0 aliphatic rings. The van der Waals surface area contributed by atoms with Gasteiger partial charge in [0.2, 0.25) is 0 Å². The van der Waals surface area contributed by atoms with Gasteiger partial charge in [-0.15, -0.1) is 0 Å². The number of non-ortho nitro benzene ring substituents is 1. The predicted molar refractivity (Wildman–Crippen MR) is 131 cm³/mol. The number of benzene rings is 1. The number of hydrogen-bond donors (Lipinski definition) is 1. The Morgan fingerprint density at radius 2 is 1.47 bits per heavy atom. The number of oxime groups is 2. The minimum Gasteiger partial charge on any atom is -0.399 e. The molecule has 0 fully saturated rings. The molecule has 1 N–H and O–H groups in total. The predicted octanol–water partition coefficient (Wildman–Crippen LogP) is 4.05. The summed E-state index contributed by atoms with van der Waals surface area (Å²) in [5.41, 5.74) is -0.242. The fourth-order valence-corrected chi connectivity index (χ4v) is 4.00. The maximum Gasteiger partial charge on any atom is 0.297 e. The summed E-state index contributed by atoms with van der Waals surface area (Å²) in [7, 11) is -1.56. The molecule has 0 heterocycles. The fourth-order valence-electron chi connectivity index (χ4n) is 2.78. The van der Waals surface area contributed by atoms with Crippen molar-refractivity contribution in [1.82, 2.24) is 0 Å². The molecule has 11 nitrogen and oxygen atoms in total. The Morgan fingerprint density at radius 1 is 1.00 bits per heavy atom. The van der Waals surface area contributed by atoms with E-state index in [4.69, 9.17) is 4.18 Å². The van der Waals surface area contributed by atoms with E-state index in [2.05, 4.69) is 20.0 Å². The van der Waals surface area contributed by atoms with Gasteiger partial charge in [0.05, 0.1) is 34.5 Å². The second-order valence-corrected chi connectivity index (χ2v) is 9.28. The van der Waals surface area contributed by atoms with Gasteiger partial charge in [0.1, 0.15) is 26.6 Å². The van der Waals surface area contributed by atoms with E-state index in [9.17, 15) is 32.4 Å². The molecule has 36 heavy (non-hydrogen) atoms. The molecular formula is C22H35F2N3O8S. The van der Waals surface area contributed by atoms with Gasteiger partial charge in [-0.25, -0.2) is 8.78 Å². The van der Waals surface area contributed by atoms with Crippen LogP contribution in [-0.2, 0) is 24.0 Å². The Hall–Kier alpha value is -2.71. The lowest BCUT2D eigenvalue weighted by Crippen LogP contribution is -2.31. The van der Waals surface area contributed by atoms with Crippen LogP contribution >= 0.6 is 0 Å². The molecule has 0 saturated heterocycles. The third kappa shape index (κ3) is 11.4. The van der Waals surface area contributed by atoms with Crippen molar-refractivity contribution < 1.29 is 41.1 Å². The van der Waals surface area contributed by atoms with Crippen molar-refractivity contribution in [2.75, 3.05) is 14.2 Å². The van der Waals surface area contributed by atoms with E-state index in [1.807, 2.05) is 0 Å². The first-order valence-corrected chi connectivity index (χ1v) is 12.5. The number of nitro benzene ring substituents is 1. The third-order valence-electron chi connectivity index (χ3n) is 5.22. The molecular weight excluding hydrogens is 504 g/mol. The molecule has 0 aromatic heterocycles. The van der Waals surface area contributed by atoms with Crippen LogP contribution in [0.2, 0.25) is 0 Å². The number of rotatable bonds is 14. The monoisotopic (exact) mass is 539 g/mol. The highest BCUT2D eigenvalue weighted by molar-refractivity contribution is 7.86. The largest absolute Gasteiger partial charge is 0.399 e. The maximum absolute atomic E-state index is 14.0. The molecule has 0 aliphatic heterocycles. The van der Waals surface area contributed by atoms with Crippen molar-refractivity contribution in [2.24, 2.45) is 22.1 Å². The summed E-state index contributed by atoms with van der Waals surface area (Å²) in [6.45, 7) is 6.60. The third-order valence-corrected chi connectivity index (χ3v) is 6.57. The van der Waals surface area contributed by atoms with Crippen molar-refractivity contribution in [1.29, 1.82) is 0 Å². The summed E-state index contributed by atoms with van der Waals surface area (Å²) in [6.07, 6.45) is -1.58. The highest BCUT2D eigenvalue weighted by atomic mass is 32.2. The normalized spacial score (nSPS) is 16.9. The van der Waals surface area contributed by atoms with Crippen molar-refractivity contribution in [3.05, 3.63) is 34.4 Å². The number of alkyl halides is 2. The van der Waals surface area contributed by atoms with Gasteiger partial charge in [-0.3, -0.25) is 14.3 Å². The van der Waals surface area contributed by atoms with Crippen LogP contribution in [0.1, 0.15) is 40.5 Å². The van der Waals surface area contributed by atoms with E-state index in [1.165, 1.54) is 21.1 Å². The van der Waals surface area contributed by atoms with E-state index >= 15 is 0 Å². The molecule has 206 valence electrons. The number of halogens is 2. The average molecular weight is 540 g/mol. The topological polar surface area (TPSA) is 150 Å². The van der Waals surface area contributed by atoms with Gasteiger partial charge in [0.25, 0.3) is 15.8 Å². The van der Waals surface area contributed by atoms with Gasteiger partial charge in [0, 0.05) is 24.0 Å². The van der Waals surface area contributed by atoms with Crippen molar-refractivity contribution >= 4 is 28.2 Å². The Labute approximate surface area is 210 Å². The molecule has 14 heteroatoms. The summed E-state index contributed by atoms with van der Waals surface area (Å²) < 4.78 is 56.6. The first kappa shape index (κ1) is 33.3. The molecule has 0 aliphatic carbocycles. The molecule has 1 aromatic rings. The molecule has 0 bridgehead atoms. The number of nitro groups is 1. The lowest BCUT2D eigenvalue weighted by Gasteiger charge is -2.23. The molecule has 0 unspecified atom stereocenters. The average Bonchev–Trinajstić information content (AvgIpc) is 2.87. The molecule has 1 aromatic carbocycles. The van der Waals surface area contributed by atoms with Gasteiger partial charge in [0.15, 0.2) is 0 Å². The second kappa shape index (κ2) is 16.9. The lowest BCUT2D eigenvalue weighted by molar-refractivity contribution is -0.384. The van der Waals surface area contributed by atoms with Crippen molar-refractivity contribution in [2.45, 2.75) is 70.0 Å². The van der Waals surface area contributed by atoms with E-state index in [-0.39, 0.29) is 17.0 Å².